The van der Waals surface area contributed by atoms with Gasteiger partial charge in [0, 0.05) is 49.2 Å². The van der Waals surface area contributed by atoms with E-state index in [1.165, 1.54) is 11.0 Å². The fourth-order valence-electron chi connectivity index (χ4n) is 9.68. The van der Waals surface area contributed by atoms with Gasteiger partial charge in [-0.1, -0.05) is 52.0 Å². The number of halogens is 1. The number of aliphatic hydroxyl groups is 1. The summed E-state index contributed by atoms with van der Waals surface area (Å²) in [6, 6.07) is 20.7. The monoisotopic (exact) mass is 1020 g/mol. The third-order valence-corrected chi connectivity index (χ3v) is 14.8. The minimum absolute atomic E-state index is 0.00423. The van der Waals surface area contributed by atoms with E-state index in [2.05, 4.69) is 25.9 Å². The topological polar surface area (TPSA) is 183 Å². The van der Waals surface area contributed by atoms with Gasteiger partial charge in [0.25, 0.3) is 0 Å². The molecule has 4 N–H and O–H groups in total. The predicted octanol–water partition coefficient (Wildman–Crippen LogP) is 8.08. The molecule has 2 aliphatic rings. The van der Waals surface area contributed by atoms with Crippen LogP contribution in [0.5, 0.6) is 5.75 Å². The van der Waals surface area contributed by atoms with Gasteiger partial charge in [0.15, 0.2) is 0 Å². The highest BCUT2D eigenvalue weighted by Gasteiger charge is 2.44. The second kappa shape index (κ2) is 27.2. The second-order valence-electron chi connectivity index (χ2n) is 20.1. The fraction of sp³-hybridized carbons (Fsp3) is 0.518. The largest absolute Gasteiger partial charge is 0.491 e. The lowest BCUT2D eigenvalue weighted by atomic mass is 9.73. The molecule has 15 nitrogen and oxygen atoms in total. The number of nitrogens with zero attached hydrogens (tertiary/aromatic N) is 3. The Bertz CT molecular complexity index is 2530. The highest BCUT2D eigenvalue weighted by molar-refractivity contribution is 7.13. The summed E-state index contributed by atoms with van der Waals surface area (Å²) in [5.41, 5.74) is 7.03. The van der Waals surface area contributed by atoms with Gasteiger partial charge in [0.05, 0.1) is 86.6 Å². The number of aryl methyl sites for hydroxylation is 1. The average molecular weight is 1030 g/mol. The van der Waals surface area contributed by atoms with Crippen LogP contribution in [0.25, 0.3) is 21.3 Å². The summed E-state index contributed by atoms with van der Waals surface area (Å²) in [7, 11) is 0. The standard InChI is InChI=1S/C56H73FN6O9S/c1-37(40-10-12-41(13-11-40)47-20-21-58-49-19-14-43(57)32-48(47)49)53(65)62-44-15-17-46(18-16-44)72-31-30-71-29-28-70-27-26-69-25-24-68-23-22-59-52(56(3,4)5)55(67)63-35-45(64)33-50(63)54(66)60-34-39-6-8-42(9-7-39)51-38(2)61-36-73-51/h6-9,14-21,32,36-37,40-41,45,50,52,59,64H,10-13,22-31,33-35H2,1-5H3,(H,60,66)(H,62,65)/t37-,40?,41?,45-,50+,52-/m1/s1. The van der Waals surface area contributed by atoms with Crippen LogP contribution in [0.2, 0.25) is 0 Å². The molecular formula is C56H73FN6O9S. The Morgan fingerprint density at radius 1 is 0.836 bits per heavy atom. The lowest BCUT2D eigenvalue weighted by Crippen LogP contribution is -2.57. The Balaban J connectivity index is 0.684. The number of carbonyl (C=O) groups excluding carboxylic acids is 3. The third kappa shape index (κ3) is 16.0. The van der Waals surface area contributed by atoms with Crippen LogP contribution in [0.1, 0.15) is 82.5 Å². The van der Waals surface area contributed by atoms with Crippen molar-refractivity contribution in [1.82, 2.24) is 25.5 Å². The average Bonchev–Trinajstić information content (AvgIpc) is 4.01. The quantitative estimate of drug-likeness (QED) is 0.0392. The molecule has 1 saturated heterocycles. The number of aromatic nitrogens is 2. The van der Waals surface area contributed by atoms with E-state index in [0.717, 1.165) is 69.5 Å². The zero-order valence-corrected chi connectivity index (χ0v) is 43.7. The van der Waals surface area contributed by atoms with Crippen molar-refractivity contribution in [2.45, 2.75) is 97.4 Å². The molecule has 73 heavy (non-hydrogen) atoms. The number of fused-ring (bicyclic) bond motifs is 1. The van der Waals surface area contributed by atoms with Crippen LogP contribution in [-0.4, -0.2) is 128 Å². The van der Waals surface area contributed by atoms with E-state index in [4.69, 9.17) is 23.7 Å². The first kappa shape index (κ1) is 55.4. The molecule has 0 unspecified atom stereocenters. The number of likely N-dealkylation sites (tertiary alicyclic amines) is 1. The van der Waals surface area contributed by atoms with Gasteiger partial charge in [-0.25, -0.2) is 9.37 Å². The first-order valence-electron chi connectivity index (χ1n) is 25.6. The predicted molar refractivity (Wildman–Crippen MR) is 281 cm³/mol. The lowest BCUT2D eigenvalue weighted by molar-refractivity contribution is -0.142. The molecule has 0 bridgehead atoms. The number of nitrogens with one attached hydrogen (secondary N) is 3. The number of aliphatic hydroxyl groups excluding tert-OH is 1. The summed E-state index contributed by atoms with van der Waals surface area (Å²) in [6.45, 7) is 14.3. The number of amides is 3. The number of anilines is 1. The molecule has 1 aliphatic carbocycles. The minimum atomic E-state index is -0.785. The Labute approximate surface area is 432 Å². The summed E-state index contributed by atoms with van der Waals surface area (Å²) in [4.78, 5) is 51.9. The molecule has 394 valence electrons. The summed E-state index contributed by atoms with van der Waals surface area (Å²) < 4.78 is 42.5. The van der Waals surface area contributed by atoms with E-state index in [1.807, 2.05) is 94.7 Å². The number of benzene rings is 3. The van der Waals surface area contributed by atoms with E-state index >= 15 is 0 Å². The van der Waals surface area contributed by atoms with Gasteiger partial charge in [0.2, 0.25) is 17.7 Å². The van der Waals surface area contributed by atoms with E-state index in [9.17, 15) is 23.9 Å². The molecule has 0 spiro atoms. The first-order chi connectivity index (χ1) is 35.2. The Hall–Kier alpha value is -5.40. The maximum absolute atomic E-state index is 14.0. The minimum Gasteiger partial charge on any atom is -0.491 e. The molecular weight excluding hydrogens is 952 g/mol. The molecule has 4 atom stereocenters. The number of pyridine rings is 1. The molecule has 5 aromatic rings. The van der Waals surface area contributed by atoms with Gasteiger partial charge >= 0.3 is 0 Å². The van der Waals surface area contributed by atoms with E-state index in [0.29, 0.717) is 84.2 Å². The van der Waals surface area contributed by atoms with Crippen molar-refractivity contribution in [3.05, 3.63) is 107 Å². The van der Waals surface area contributed by atoms with Gasteiger partial charge in [-0.15, -0.1) is 11.3 Å². The zero-order valence-electron chi connectivity index (χ0n) is 42.9. The first-order valence-corrected chi connectivity index (χ1v) is 26.5. The van der Waals surface area contributed by atoms with Crippen molar-refractivity contribution < 1.29 is 47.6 Å². The number of thiazole rings is 1. The number of β-amino-alcohol motifs (C(OH)–C–C–N with tert-alkyl or cyclic N) is 1. The van der Waals surface area contributed by atoms with Crippen molar-refractivity contribution in [1.29, 1.82) is 0 Å². The number of carbonyl (C=O) groups is 3. The molecule has 7 rings (SSSR count). The number of hydrogen-bond acceptors (Lipinski definition) is 13. The fourth-order valence-corrected chi connectivity index (χ4v) is 10.5. The van der Waals surface area contributed by atoms with Gasteiger partial charge < -0.3 is 49.6 Å². The van der Waals surface area contributed by atoms with Crippen LogP contribution in [0.4, 0.5) is 10.1 Å². The van der Waals surface area contributed by atoms with Crippen molar-refractivity contribution in [3.8, 4) is 16.2 Å². The number of ether oxygens (including phenoxy) is 5. The van der Waals surface area contributed by atoms with Crippen molar-refractivity contribution in [2.75, 3.05) is 77.9 Å². The highest BCUT2D eigenvalue weighted by atomic mass is 32.1. The maximum Gasteiger partial charge on any atom is 0.243 e. The van der Waals surface area contributed by atoms with Crippen LogP contribution in [0, 0.1) is 30.0 Å². The summed E-state index contributed by atoms with van der Waals surface area (Å²) >= 11 is 1.59. The Morgan fingerprint density at radius 2 is 1.49 bits per heavy atom. The van der Waals surface area contributed by atoms with E-state index < -0.39 is 23.6 Å². The second-order valence-corrected chi connectivity index (χ2v) is 21.0. The van der Waals surface area contributed by atoms with E-state index in [-0.39, 0.29) is 48.3 Å². The van der Waals surface area contributed by atoms with Crippen LogP contribution in [0.15, 0.2) is 84.5 Å². The maximum atomic E-state index is 14.0. The Kier molecular flexibility index (Phi) is 20.6. The lowest BCUT2D eigenvalue weighted by Gasteiger charge is -2.35. The van der Waals surface area contributed by atoms with Gasteiger partial charge in [-0.2, -0.15) is 0 Å². The summed E-state index contributed by atoms with van der Waals surface area (Å²) in [5.74, 6) is 0.392. The van der Waals surface area contributed by atoms with Crippen LogP contribution >= 0.6 is 11.3 Å². The zero-order chi connectivity index (χ0) is 51.7. The highest BCUT2D eigenvalue weighted by Crippen LogP contribution is 2.41. The molecule has 1 saturated carbocycles. The number of rotatable bonds is 26. The van der Waals surface area contributed by atoms with Crippen molar-refractivity contribution >= 4 is 45.6 Å². The van der Waals surface area contributed by atoms with Gasteiger partial charge in [-0.05, 0) is 115 Å². The smallest absolute Gasteiger partial charge is 0.243 e. The summed E-state index contributed by atoms with van der Waals surface area (Å²) in [6.07, 6.45) is 4.98. The Morgan fingerprint density at radius 3 is 2.14 bits per heavy atom. The molecule has 1 aliphatic heterocycles. The molecule has 3 aromatic carbocycles. The SMILES string of the molecule is Cc1ncsc1-c1ccc(CNC(=O)[C@@H]2C[C@@H](O)CN2C(=O)[C@@H](NCCOCCOCCOCCOCCOc2ccc(NC(=O)[C@H](C)C3CCC(c4ccnc5ccc(F)cc45)CC3)cc2)C(C)(C)C)cc1. The van der Waals surface area contributed by atoms with E-state index in [1.54, 1.807) is 29.7 Å². The molecule has 0 radical (unpaired) electrons. The van der Waals surface area contributed by atoms with Crippen molar-refractivity contribution in [3.63, 3.8) is 0 Å². The van der Waals surface area contributed by atoms with Gasteiger partial charge in [-0.3, -0.25) is 19.4 Å². The van der Waals surface area contributed by atoms with Crippen LogP contribution in [-0.2, 0) is 39.9 Å². The molecule has 2 fully saturated rings. The summed E-state index contributed by atoms with van der Waals surface area (Å²) in [5, 5.41) is 20.8. The normalized spacial score (nSPS) is 18.9. The molecule has 3 heterocycles. The van der Waals surface area contributed by atoms with Gasteiger partial charge in [0.1, 0.15) is 24.2 Å². The third-order valence-electron chi connectivity index (χ3n) is 13.8. The van der Waals surface area contributed by atoms with Crippen molar-refractivity contribution in [2.24, 2.45) is 17.3 Å². The molecule has 3 amide bonds. The van der Waals surface area contributed by atoms with Crippen LogP contribution in [0.3, 0.4) is 0 Å². The number of hydrogen-bond donors (Lipinski definition) is 4. The molecule has 2 aromatic heterocycles. The molecule has 17 heteroatoms. The van der Waals surface area contributed by atoms with Crippen LogP contribution < -0.4 is 20.7 Å².